The summed E-state index contributed by atoms with van der Waals surface area (Å²) in [5.41, 5.74) is 0. The van der Waals surface area contributed by atoms with Crippen LogP contribution in [0.15, 0.2) is 0 Å². The lowest BCUT2D eigenvalue weighted by atomic mass is 10.1. The zero-order valence-corrected chi connectivity index (χ0v) is 9.34. The van der Waals surface area contributed by atoms with E-state index in [1.807, 2.05) is 0 Å². The molecule has 1 rings (SSSR count). The highest BCUT2D eigenvalue weighted by molar-refractivity contribution is 4.79. The molecule has 0 spiro atoms. The number of likely N-dealkylation sites (tertiary alicyclic amines) is 1. The zero-order chi connectivity index (χ0) is 9.68. The van der Waals surface area contributed by atoms with Gasteiger partial charge in [0.1, 0.15) is 0 Å². The standard InChI is InChI=1S/C11H24N2/c1-4-13-8-6-11(9-13)12-7-5-10(2)3/h10-12H,4-9H2,1-3H3. The molecule has 0 aromatic carbocycles. The van der Waals surface area contributed by atoms with Crippen LogP contribution in [0, 0.1) is 5.92 Å². The summed E-state index contributed by atoms with van der Waals surface area (Å²) >= 11 is 0. The summed E-state index contributed by atoms with van der Waals surface area (Å²) in [7, 11) is 0. The molecule has 1 unspecified atom stereocenters. The summed E-state index contributed by atoms with van der Waals surface area (Å²) in [5, 5.41) is 3.64. The molecule has 0 radical (unpaired) electrons. The molecule has 2 heteroatoms. The lowest BCUT2D eigenvalue weighted by Crippen LogP contribution is -2.33. The molecule has 1 N–H and O–H groups in total. The molecule has 0 saturated carbocycles. The Morgan fingerprint density at radius 2 is 2.23 bits per heavy atom. The number of nitrogens with zero attached hydrogens (tertiary/aromatic N) is 1. The normalized spacial score (nSPS) is 24.5. The van der Waals surface area contributed by atoms with Crippen LogP contribution in [0.5, 0.6) is 0 Å². The highest BCUT2D eigenvalue weighted by atomic mass is 15.2. The van der Waals surface area contributed by atoms with Gasteiger partial charge in [0.25, 0.3) is 0 Å². The van der Waals surface area contributed by atoms with Crippen molar-refractivity contribution in [3.05, 3.63) is 0 Å². The van der Waals surface area contributed by atoms with E-state index in [1.54, 1.807) is 0 Å². The van der Waals surface area contributed by atoms with Crippen molar-refractivity contribution in [1.29, 1.82) is 0 Å². The van der Waals surface area contributed by atoms with Gasteiger partial charge in [0.2, 0.25) is 0 Å². The van der Waals surface area contributed by atoms with Crippen molar-refractivity contribution in [3.63, 3.8) is 0 Å². The van der Waals surface area contributed by atoms with Crippen molar-refractivity contribution < 1.29 is 0 Å². The van der Waals surface area contributed by atoms with Crippen molar-refractivity contribution in [1.82, 2.24) is 10.2 Å². The number of nitrogens with one attached hydrogen (secondary N) is 1. The Kier molecular flexibility index (Phi) is 4.74. The van der Waals surface area contributed by atoms with Crippen LogP contribution in [-0.2, 0) is 0 Å². The summed E-state index contributed by atoms with van der Waals surface area (Å²) in [6.07, 6.45) is 2.65. The van der Waals surface area contributed by atoms with E-state index in [-0.39, 0.29) is 0 Å². The molecular formula is C11H24N2. The van der Waals surface area contributed by atoms with Gasteiger partial charge in [-0.25, -0.2) is 0 Å². The molecule has 1 fully saturated rings. The van der Waals surface area contributed by atoms with Crippen LogP contribution in [0.2, 0.25) is 0 Å². The molecule has 1 heterocycles. The van der Waals surface area contributed by atoms with Gasteiger partial charge in [-0.05, 0) is 38.4 Å². The number of rotatable bonds is 5. The third-order valence-corrected chi connectivity index (χ3v) is 2.87. The highest BCUT2D eigenvalue weighted by Gasteiger charge is 2.19. The predicted octanol–water partition coefficient (Wildman–Crippen LogP) is 1.72. The van der Waals surface area contributed by atoms with Gasteiger partial charge in [0.05, 0.1) is 0 Å². The van der Waals surface area contributed by atoms with Crippen molar-refractivity contribution in [2.24, 2.45) is 5.92 Å². The molecule has 2 nitrogen and oxygen atoms in total. The third kappa shape index (κ3) is 4.10. The van der Waals surface area contributed by atoms with Gasteiger partial charge in [-0.2, -0.15) is 0 Å². The topological polar surface area (TPSA) is 15.3 Å². The molecule has 0 aromatic heterocycles. The maximum absolute atomic E-state index is 3.64. The van der Waals surface area contributed by atoms with Crippen molar-refractivity contribution in [2.45, 2.75) is 39.7 Å². The fourth-order valence-electron chi connectivity index (χ4n) is 1.86. The van der Waals surface area contributed by atoms with Crippen LogP contribution < -0.4 is 5.32 Å². The van der Waals surface area contributed by atoms with Gasteiger partial charge in [-0.3, -0.25) is 0 Å². The smallest absolute Gasteiger partial charge is 0.0207 e. The zero-order valence-electron chi connectivity index (χ0n) is 9.34. The monoisotopic (exact) mass is 184 g/mol. The van der Waals surface area contributed by atoms with E-state index in [4.69, 9.17) is 0 Å². The predicted molar refractivity (Wildman–Crippen MR) is 58.0 cm³/mol. The van der Waals surface area contributed by atoms with Gasteiger partial charge in [-0.15, -0.1) is 0 Å². The van der Waals surface area contributed by atoms with Gasteiger partial charge in [0, 0.05) is 12.6 Å². The average Bonchev–Trinajstić information content (AvgIpc) is 2.52. The van der Waals surface area contributed by atoms with E-state index in [0.29, 0.717) is 0 Å². The van der Waals surface area contributed by atoms with E-state index in [1.165, 1.54) is 39.0 Å². The Balaban J connectivity index is 2.03. The van der Waals surface area contributed by atoms with E-state index >= 15 is 0 Å². The van der Waals surface area contributed by atoms with Crippen LogP contribution in [-0.4, -0.2) is 37.1 Å². The second-order valence-corrected chi connectivity index (χ2v) is 4.52. The molecule has 1 atom stereocenters. The second kappa shape index (κ2) is 5.61. The minimum atomic E-state index is 0.763. The average molecular weight is 184 g/mol. The quantitative estimate of drug-likeness (QED) is 0.700. The third-order valence-electron chi connectivity index (χ3n) is 2.87. The van der Waals surface area contributed by atoms with Crippen molar-refractivity contribution >= 4 is 0 Å². The Morgan fingerprint density at radius 3 is 2.77 bits per heavy atom. The van der Waals surface area contributed by atoms with E-state index in [9.17, 15) is 0 Å². The van der Waals surface area contributed by atoms with Crippen LogP contribution in [0.1, 0.15) is 33.6 Å². The summed E-state index contributed by atoms with van der Waals surface area (Å²) in [6.45, 7) is 11.8. The lowest BCUT2D eigenvalue weighted by molar-refractivity contribution is 0.344. The Labute approximate surface area is 82.7 Å². The minimum absolute atomic E-state index is 0.763. The largest absolute Gasteiger partial charge is 0.313 e. The molecule has 1 aliphatic heterocycles. The maximum atomic E-state index is 3.64. The van der Waals surface area contributed by atoms with Gasteiger partial charge >= 0.3 is 0 Å². The first-order chi connectivity index (χ1) is 6.22. The van der Waals surface area contributed by atoms with Crippen LogP contribution in [0.3, 0.4) is 0 Å². The Bertz CT molecular complexity index is 134. The molecular weight excluding hydrogens is 160 g/mol. The maximum Gasteiger partial charge on any atom is 0.0207 e. The van der Waals surface area contributed by atoms with E-state index < -0.39 is 0 Å². The van der Waals surface area contributed by atoms with Gasteiger partial charge in [0.15, 0.2) is 0 Å². The molecule has 78 valence electrons. The van der Waals surface area contributed by atoms with Gasteiger partial charge < -0.3 is 10.2 Å². The fraction of sp³-hybridized carbons (Fsp3) is 1.00. The molecule has 1 aliphatic rings. The molecule has 0 aromatic rings. The van der Waals surface area contributed by atoms with Crippen molar-refractivity contribution in [3.8, 4) is 0 Å². The Morgan fingerprint density at radius 1 is 1.46 bits per heavy atom. The van der Waals surface area contributed by atoms with E-state index in [0.717, 1.165) is 12.0 Å². The SMILES string of the molecule is CCN1CCC(NCCC(C)C)C1. The van der Waals surface area contributed by atoms with Crippen LogP contribution in [0.25, 0.3) is 0 Å². The molecule has 0 bridgehead atoms. The fourth-order valence-corrected chi connectivity index (χ4v) is 1.86. The van der Waals surface area contributed by atoms with Crippen molar-refractivity contribution in [2.75, 3.05) is 26.2 Å². The lowest BCUT2D eigenvalue weighted by Gasteiger charge is -2.15. The summed E-state index contributed by atoms with van der Waals surface area (Å²) in [6, 6.07) is 0.763. The van der Waals surface area contributed by atoms with Crippen LogP contribution >= 0.6 is 0 Å². The number of likely N-dealkylation sites (N-methyl/N-ethyl adjacent to an activating group) is 1. The number of hydrogen-bond acceptors (Lipinski definition) is 2. The molecule has 13 heavy (non-hydrogen) atoms. The Hall–Kier alpha value is -0.0800. The van der Waals surface area contributed by atoms with Crippen LogP contribution in [0.4, 0.5) is 0 Å². The minimum Gasteiger partial charge on any atom is -0.313 e. The van der Waals surface area contributed by atoms with E-state index in [2.05, 4.69) is 31.0 Å². The molecule has 1 saturated heterocycles. The first kappa shape index (κ1) is 11.0. The summed E-state index contributed by atoms with van der Waals surface area (Å²) < 4.78 is 0. The summed E-state index contributed by atoms with van der Waals surface area (Å²) in [5.74, 6) is 0.830. The highest BCUT2D eigenvalue weighted by Crippen LogP contribution is 2.08. The first-order valence-corrected chi connectivity index (χ1v) is 5.68. The molecule has 0 aliphatic carbocycles. The van der Waals surface area contributed by atoms with Gasteiger partial charge in [-0.1, -0.05) is 20.8 Å². The second-order valence-electron chi connectivity index (χ2n) is 4.52. The first-order valence-electron chi connectivity index (χ1n) is 5.68. The summed E-state index contributed by atoms with van der Waals surface area (Å²) in [4.78, 5) is 2.52. The molecule has 0 amide bonds. The number of hydrogen-bond donors (Lipinski definition) is 1.